The van der Waals surface area contributed by atoms with Gasteiger partial charge in [0.15, 0.2) is 5.17 Å². The molecule has 0 unspecified atom stereocenters. The molecule has 0 aliphatic rings. The second-order valence-corrected chi connectivity index (χ2v) is 3.29. The van der Waals surface area contributed by atoms with Gasteiger partial charge in [-0.3, -0.25) is 0 Å². The first-order valence-electron chi connectivity index (χ1n) is 3.86. The Morgan fingerprint density at radius 1 is 1.38 bits per heavy atom. The molecule has 0 aliphatic carbocycles. The quantitative estimate of drug-likeness (QED) is 0.577. The Bertz CT molecular complexity index is 317. The zero-order valence-corrected chi connectivity index (χ0v) is 8.34. The predicted molar refractivity (Wildman–Crippen MR) is 60.6 cm³/mol. The molecule has 0 bridgehead atoms. The molecule has 2 N–H and O–H groups in total. The third-order valence-electron chi connectivity index (χ3n) is 1.56. The minimum absolute atomic E-state index is 0.536. The van der Waals surface area contributed by atoms with Crippen molar-refractivity contribution in [3.8, 4) is 0 Å². The van der Waals surface area contributed by atoms with Gasteiger partial charge in [-0.05, 0) is 11.8 Å². The van der Waals surface area contributed by atoms with Gasteiger partial charge in [0, 0.05) is 0 Å². The highest BCUT2D eigenvalue weighted by atomic mass is 32.2. The first-order chi connectivity index (χ1) is 6.24. The summed E-state index contributed by atoms with van der Waals surface area (Å²) in [6, 6.07) is 9.77. The summed E-state index contributed by atoms with van der Waals surface area (Å²) in [6.07, 6.45) is 1.89. The molecule has 0 fully saturated rings. The molecule has 0 spiro atoms. The van der Waals surface area contributed by atoms with Gasteiger partial charge in [-0.15, -0.1) is 0 Å². The molecule has 0 radical (unpaired) electrons. The maximum Gasteiger partial charge on any atom is 0.158 e. The van der Waals surface area contributed by atoms with Crippen molar-refractivity contribution < 1.29 is 0 Å². The Kier molecular flexibility index (Phi) is 3.58. The van der Waals surface area contributed by atoms with Gasteiger partial charge in [-0.25, -0.2) is 4.99 Å². The van der Waals surface area contributed by atoms with Crippen molar-refractivity contribution >= 4 is 22.6 Å². The monoisotopic (exact) mass is 192 g/mol. The molecule has 1 rings (SSSR count). The van der Waals surface area contributed by atoms with Gasteiger partial charge in [0.25, 0.3) is 0 Å². The Morgan fingerprint density at radius 2 is 2.00 bits per heavy atom. The van der Waals surface area contributed by atoms with E-state index in [1.165, 1.54) is 11.8 Å². The van der Waals surface area contributed by atoms with Gasteiger partial charge in [0.1, 0.15) is 0 Å². The largest absolute Gasteiger partial charge is 0.378 e. The van der Waals surface area contributed by atoms with E-state index in [-0.39, 0.29) is 0 Å². The van der Waals surface area contributed by atoms with E-state index in [0.717, 1.165) is 5.56 Å². The Hall–Kier alpha value is -1.22. The highest BCUT2D eigenvalue weighted by Gasteiger charge is 1.95. The molecule has 0 aliphatic heterocycles. The second-order valence-electron chi connectivity index (χ2n) is 2.47. The van der Waals surface area contributed by atoms with Crippen LogP contribution in [0.25, 0.3) is 5.70 Å². The minimum Gasteiger partial charge on any atom is -0.378 e. The van der Waals surface area contributed by atoms with Crippen LogP contribution in [0.4, 0.5) is 0 Å². The molecule has 0 saturated heterocycles. The molecular formula is C10H12N2S. The number of hydrogen-bond acceptors (Lipinski definition) is 2. The predicted octanol–water partition coefficient (Wildman–Crippen LogP) is 2.33. The van der Waals surface area contributed by atoms with E-state index in [4.69, 9.17) is 5.73 Å². The number of hydrogen-bond donors (Lipinski definition) is 1. The summed E-state index contributed by atoms with van der Waals surface area (Å²) in [6.45, 7) is 3.83. The molecule has 0 saturated carbocycles. The van der Waals surface area contributed by atoms with Crippen molar-refractivity contribution in [2.45, 2.75) is 0 Å². The van der Waals surface area contributed by atoms with Gasteiger partial charge >= 0.3 is 0 Å². The molecule has 13 heavy (non-hydrogen) atoms. The molecule has 1 aromatic carbocycles. The van der Waals surface area contributed by atoms with E-state index in [9.17, 15) is 0 Å². The van der Waals surface area contributed by atoms with Crippen LogP contribution in [0.15, 0.2) is 41.9 Å². The molecule has 0 amide bonds. The highest BCUT2D eigenvalue weighted by Crippen LogP contribution is 2.13. The maximum absolute atomic E-state index is 5.56. The summed E-state index contributed by atoms with van der Waals surface area (Å²) in [4.78, 5) is 4.13. The molecule has 0 atom stereocenters. The van der Waals surface area contributed by atoms with Crippen LogP contribution in [0.1, 0.15) is 5.56 Å². The number of aliphatic imine (C=N–C) groups is 1. The fourth-order valence-corrected chi connectivity index (χ4v) is 1.08. The van der Waals surface area contributed by atoms with Crippen LogP contribution in [-0.4, -0.2) is 11.4 Å². The lowest BCUT2D eigenvalue weighted by atomic mass is 10.2. The van der Waals surface area contributed by atoms with Crippen LogP contribution in [0.3, 0.4) is 0 Å². The Morgan fingerprint density at radius 3 is 2.54 bits per heavy atom. The third kappa shape index (κ3) is 2.95. The maximum atomic E-state index is 5.56. The Labute approximate surface area is 82.6 Å². The van der Waals surface area contributed by atoms with Crippen LogP contribution in [0.5, 0.6) is 0 Å². The lowest BCUT2D eigenvalue weighted by molar-refractivity contribution is 1.51. The molecule has 68 valence electrons. The van der Waals surface area contributed by atoms with Crippen molar-refractivity contribution in [2.24, 2.45) is 10.7 Å². The summed E-state index contributed by atoms with van der Waals surface area (Å²) in [5.74, 6) is 0. The first kappa shape index (κ1) is 9.86. The van der Waals surface area contributed by atoms with Crippen molar-refractivity contribution in [3.63, 3.8) is 0 Å². The van der Waals surface area contributed by atoms with E-state index in [1.54, 1.807) is 0 Å². The van der Waals surface area contributed by atoms with Crippen LogP contribution >= 0.6 is 11.8 Å². The summed E-state index contributed by atoms with van der Waals surface area (Å²) < 4.78 is 0. The van der Waals surface area contributed by atoms with Crippen LogP contribution in [0.2, 0.25) is 0 Å². The first-order valence-corrected chi connectivity index (χ1v) is 5.09. The lowest BCUT2D eigenvalue weighted by Gasteiger charge is -2.00. The van der Waals surface area contributed by atoms with Crippen molar-refractivity contribution in [1.29, 1.82) is 0 Å². The molecule has 1 aromatic rings. The molecular weight excluding hydrogens is 180 g/mol. The molecule has 2 nitrogen and oxygen atoms in total. The normalized spacial score (nSPS) is 11.3. The van der Waals surface area contributed by atoms with Crippen LogP contribution < -0.4 is 5.73 Å². The average Bonchev–Trinajstić information content (AvgIpc) is 2.19. The molecule has 3 heteroatoms. The zero-order valence-electron chi connectivity index (χ0n) is 7.53. The standard InChI is InChI=1S/C10H12N2S/c1-8(12-10(11)13-2)9-6-4-3-5-7-9/h3-7H,1H2,2H3,(H2,11,12). The van der Waals surface area contributed by atoms with E-state index in [2.05, 4.69) is 11.6 Å². The number of benzene rings is 1. The zero-order chi connectivity index (χ0) is 9.68. The Balaban J connectivity index is 2.81. The van der Waals surface area contributed by atoms with Crippen molar-refractivity contribution in [1.82, 2.24) is 0 Å². The number of amidine groups is 1. The SMILES string of the molecule is C=C(N=C(N)SC)c1ccccc1. The third-order valence-corrected chi connectivity index (χ3v) is 2.07. The van der Waals surface area contributed by atoms with Crippen molar-refractivity contribution in [2.75, 3.05) is 6.26 Å². The van der Waals surface area contributed by atoms with Gasteiger partial charge in [0.05, 0.1) is 5.70 Å². The number of nitrogens with zero attached hydrogens (tertiary/aromatic N) is 1. The molecule has 0 heterocycles. The van der Waals surface area contributed by atoms with E-state index in [1.807, 2.05) is 36.6 Å². The smallest absolute Gasteiger partial charge is 0.158 e. The van der Waals surface area contributed by atoms with Gasteiger partial charge in [-0.2, -0.15) is 0 Å². The average molecular weight is 192 g/mol. The van der Waals surface area contributed by atoms with Gasteiger partial charge in [0.2, 0.25) is 0 Å². The van der Waals surface area contributed by atoms with Crippen LogP contribution in [0, 0.1) is 0 Å². The minimum atomic E-state index is 0.536. The lowest BCUT2D eigenvalue weighted by Crippen LogP contribution is -2.05. The second kappa shape index (κ2) is 4.72. The van der Waals surface area contributed by atoms with E-state index in [0.29, 0.717) is 10.9 Å². The summed E-state index contributed by atoms with van der Waals surface area (Å²) in [5, 5.41) is 0.536. The van der Waals surface area contributed by atoms with E-state index < -0.39 is 0 Å². The number of rotatable bonds is 2. The van der Waals surface area contributed by atoms with Crippen molar-refractivity contribution in [3.05, 3.63) is 42.5 Å². The van der Waals surface area contributed by atoms with E-state index >= 15 is 0 Å². The summed E-state index contributed by atoms with van der Waals surface area (Å²) in [7, 11) is 0. The highest BCUT2D eigenvalue weighted by molar-refractivity contribution is 8.13. The molecule has 0 aromatic heterocycles. The summed E-state index contributed by atoms with van der Waals surface area (Å²) >= 11 is 1.41. The van der Waals surface area contributed by atoms with Gasteiger partial charge in [-0.1, -0.05) is 48.7 Å². The fourth-order valence-electron chi connectivity index (χ4n) is 0.874. The number of nitrogens with two attached hydrogens (primary N) is 1. The fraction of sp³-hybridized carbons (Fsp3) is 0.100. The van der Waals surface area contributed by atoms with Gasteiger partial charge < -0.3 is 5.73 Å². The number of thioether (sulfide) groups is 1. The topological polar surface area (TPSA) is 38.4 Å². The summed E-state index contributed by atoms with van der Waals surface area (Å²) in [5.41, 5.74) is 7.26. The van der Waals surface area contributed by atoms with Crippen LogP contribution in [-0.2, 0) is 0 Å².